The highest BCUT2D eigenvalue weighted by atomic mass is 32.1. The molecule has 122 valence electrons. The monoisotopic (exact) mass is 343 g/mol. The minimum atomic E-state index is -2.90. The van der Waals surface area contributed by atoms with E-state index in [-0.39, 0.29) is 23.7 Å². The number of alkyl halides is 2. The number of hydrogen-bond donors (Lipinski definition) is 2. The summed E-state index contributed by atoms with van der Waals surface area (Å²) in [5, 5.41) is 11.2. The van der Waals surface area contributed by atoms with Crippen LogP contribution in [-0.4, -0.2) is 33.0 Å². The number of rotatable bonds is 7. The molecular weight excluding hydrogens is 332 g/mol. The summed E-state index contributed by atoms with van der Waals surface area (Å²) in [4.78, 5) is 25.9. The summed E-state index contributed by atoms with van der Waals surface area (Å²) in [6.45, 7) is -2.90. The van der Waals surface area contributed by atoms with Crippen molar-refractivity contribution in [2.75, 3.05) is 5.32 Å². The summed E-state index contributed by atoms with van der Waals surface area (Å²) in [6, 6.07) is 5.73. The van der Waals surface area contributed by atoms with Crippen molar-refractivity contribution >= 4 is 28.5 Å². The maximum atomic E-state index is 12.1. The van der Waals surface area contributed by atoms with Gasteiger partial charge in [-0.25, -0.2) is 0 Å². The highest BCUT2D eigenvalue weighted by molar-refractivity contribution is 7.10. The molecular formula is C13H11F2N3O4S. The Bertz CT molecular complexity index is 691. The highest BCUT2D eigenvalue weighted by Gasteiger charge is 2.11. The van der Waals surface area contributed by atoms with E-state index in [0.29, 0.717) is 11.4 Å². The van der Waals surface area contributed by atoms with Crippen molar-refractivity contribution in [3.8, 4) is 17.1 Å². The molecule has 0 saturated carbocycles. The second-order valence-corrected chi connectivity index (χ2v) is 5.02. The fraction of sp³-hybridized carbons (Fsp3) is 0.231. The first-order chi connectivity index (χ1) is 10.9. The van der Waals surface area contributed by atoms with E-state index in [1.54, 1.807) is 0 Å². The molecule has 0 aliphatic rings. The highest BCUT2D eigenvalue weighted by Crippen LogP contribution is 2.24. The Morgan fingerprint density at radius 2 is 1.96 bits per heavy atom. The van der Waals surface area contributed by atoms with Crippen molar-refractivity contribution in [1.82, 2.24) is 9.36 Å². The summed E-state index contributed by atoms with van der Waals surface area (Å²) in [5.41, 5.74) is 0.564. The standard InChI is InChI=1S/C13H11F2N3O4S/c14-12(15)22-8-3-1-7(2-4-8)11-17-13(23-18-11)16-9(19)5-6-10(20)21/h1-4,12H,5-6H2,(H,20,21)(H,16,17,18,19). The Kier molecular flexibility index (Phi) is 5.52. The van der Waals surface area contributed by atoms with E-state index >= 15 is 0 Å². The molecule has 0 bridgehead atoms. The second kappa shape index (κ2) is 7.58. The molecule has 1 aromatic carbocycles. The van der Waals surface area contributed by atoms with Crippen molar-refractivity contribution < 1.29 is 28.2 Å². The fourth-order valence-corrected chi connectivity index (χ4v) is 2.19. The number of hydrogen-bond acceptors (Lipinski definition) is 6. The van der Waals surface area contributed by atoms with Gasteiger partial charge in [-0.05, 0) is 24.3 Å². The van der Waals surface area contributed by atoms with Crippen LogP contribution >= 0.6 is 11.5 Å². The topological polar surface area (TPSA) is 101 Å². The minimum absolute atomic E-state index is 0.0150. The average molecular weight is 343 g/mol. The van der Waals surface area contributed by atoms with Gasteiger partial charge >= 0.3 is 12.6 Å². The van der Waals surface area contributed by atoms with E-state index in [1.807, 2.05) is 0 Å². The lowest BCUT2D eigenvalue weighted by Gasteiger charge is -2.04. The lowest BCUT2D eigenvalue weighted by molar-refractivity contribution is -0.138. The predicted octanol–water partition coefficient (Wildman–Crippen LogP) is 2.61. The third kappa shape index (κ3) is 5.25. The SMILES string of the molecule is O=C(O)CCC(=O)Nc1nc(-c2ccc(OC(F)F)cc2)ns1. The van der Waals surface area contributed by atoms with Gasteiger partial charge in [0.1, 0.15) is 5.75 Å². The van der Waals surface area contributed by atoms with Gasteiger partial charge in [-0.15, -0.1) is 0 Å². The van der Waals surface area contributed by atoms with Gasteiger partial charge < -0.3 is 15.2 Å². The van der Waals surface area contributed by atoms with Crippen molar-refractivity contribution in [3.05, 3.63) is 24.3 Å². The summed E-state index contributed by atoms with van der Waals surface area (Å²) in [5.74, 6) is -1.21. The Hall–Kier alpha value is -2.62. The molecule has 1 heterocycles. The predicted molar refractivity (Wildman–Crippen MR) is 77.5 cm³/mol. The number of nitrogens with zero attached hydrogens (tertiary/aromatic N) is 2. The van der Waals surface area contributed by atoms with E-state index in [4.69, 9.17) is 5.11 Å². The first kappa shape index (κ1) is 16.7. The van der Waals surface area contributed by atoms with E-state index < -0.39 is 18.5 Å². The largest absolute Gasteiger partial charge is 0.481 e. The number of anilines is 1. The first-order valence-corrected chi connectivity index (χ1v) is 7.12. The number of amides is 1. The number of halogens is 2. The van der Waals surface area contributed by atoms with Crippen LogP contribution < -0.4 is 10.1 Å². The fourth-order valence-electron chi connectivity index (χ4n) is 1.58. The van der Waals surface area contributed by atoms with Crippen molar-refractivity contribution in [2.24, 2.45) is 0 Å². The molecule has 23 heavy (non-hydrogen) atoms. The number of nitrogens with one attached hydrogen (secondary N) is 1. The van der Waals surface area contributed by atoms with Crippen LogP contribution in [-0.2, 0) is 9.59 Å². The first-order valence-electron chi connectivity index (χ1n) is 6.34. The van der Waals surface area contributed by atoms with E-state index in [2.05, 4.69) is 19.4 Å². The Labute approximate surface area is 133 Å². The Morgan fingerprint density at radius 3 is 2.57 bits per heavy atom. The van der Waals surface area contributed by atoms with Crippen LogP contribution in [0, 0.1) is 0 Å². The summed E-state index contributed by atoms with van der Waals surface area (Å²) >= 11 is 0.930. The molecule has 2 N–H and O–H groups in total. The summed E-state index contributed by atoms with van der Waals surface area (Å²) in [7, 11) is 0. The molecule has 7 nitrogen and oxygen atoms in total. The molecule has 0 saturated heterocycles. The van der Waals surface area contributed by atoms with Gasteiger partial charge in [0.2, 0.25) is 11.0 Å². The van der Waals surface area contributed by atoms with E-state index in [9.17, 15) is 18.4 Å². The molecule has 1 aromatic heterocycles. The molecule has 0 spiro atoms. The van der Waals surface area contributed by atoms with Crippen molar-refractivity contribution in [3.63, 3.8) is 0 Å². The van der Waals surface area contributed by atoms with Gasteiger partial charge in [0.05, 0.1) is 6.42 Å². The molecule has 2 rings (SSSR count). The Balaban J connectivity index is 1.98. The smallest absolute Gasteiger partial charge is 0.387 e. The van der Waals surface area contributed by atoms with E-state index in [1.165, 1.54) is 24.3 Å². The molecule has 0 aliphatic carbocycles. The zero-order valence-electron chi connectivity index (χ0n) is 11.5. The molecule has 0 unspecified atom stereocenters. The molecule has 1 amide bonds. The minimum Gasteiger partial charge on any atom is -0.481 e. The Morgan fingerprint density at radius 1 is 1.26 bits per heavy atom. The van der Waals surface area contributed by atoms with Crippen LogP contribution in [0.3, 0.4) is 0 Å². The maximum absolute atomic E-state index is 12.1. The zero-order chi connectivity index (χ0) is 16.8. The van der Waals surface area contributed by atoms with E-state index in [0.717, 1.165) is 11.5 Å². The third-order valence-corrected chi connectivity index (χ3v) is 3.21. The van der Waals surface area contributed by atoms with Crippen molar-refractivity contribution in [1.29, 1.82) is 0 Å². The van der Waals surface area contributed by atoms with Gasteiger partial charge in [-0.2, -0.15) is 18.1 Å². The number of benzene rings is 1. The number of carbonyl (C=O) groups excluding carboxylic acids is 1. The zero-order valence-corrected chi connectivity index (χ0v) is 12.3. The number of ether oxygens (including phenoxy) is 1. The van der Waals surface area contributed by atoms with Crippen LogP contribution in [0.1, 0.15) is 12.8 Å². The van der Waals surface area contributed by atoms with Crippen LogP contribution in [0.25, 0.3) is 11.4 Å². The second-order valence-electron chi connectivity index (χ2n) is 4.27. The lowest BCUT2D eigenvalue weighted by atomic mass is 10.2. The number of carboxylic acid groups (broad SMARTS) is 1. The van der Waals surface area contributed by atoms with Gasteiger partial charge in [0, 0.05) is 23.5 Å². The molecule has 2 aromatic rings. The molecule has 0 atom stereocenters. The normalized spacial score (nSPS) is 10.6. The van der Waals surface area contributed by atoms with Gasteiger partial charge in [0.25, 0.3) is 0 Å². The number of carbonyl (C=O) groups is 2. The molecule has 0 fully saturated rings. The summed E-state index contributed by atoms with van der Waals surface area (Å²) in [6.07, 6.45) is -0.437. The summed E-state index contributed by atoms with van der Waals surface area (Å²) < 4.78 is 32.4. The quantitative estimate of drug-likeness (QED) is 0.801. The van der Waals surface area contributed by atoms with Crippen LogP contribution in [0.15, 0.2) is 24.3 Å². The van der Waals surface area contributed by atoms with Crippen LogP contribution in [0.2, 0.25) is 0 Å². The number of carboxylic acids is 1. The number of aromatic nitrogens is 2. The van der Waals surface area contributed by atoms with Gasteiger partial charge in [0.15, 0.2) is 5.82 Å². The van der Waals surface area contributed by atoms with Gasteiger partial charge in [-0.1, -0.05) is 0 Å². The van der Waals surface area contributed by atoms with Gasteiger partial charge in [-0.3, -0.25) is 9.59 Å². The third-order valence-electron chi connectivity index (χ3n) is 2.58. The lowest BCUT2D eigenvalue weighted by Crippen LogP contribution is -2.12. The average Bonchev–Trinajstić information content (AvgIpc) is 2.94. The molecule has 0 aliphatic heterocycles. The van der Waals surface area contributed by atoms with Crippen molar-refractivity contribution in [2.45, 2.75) is 19.5 Å². The number of aliphatic carboxylic acids is 1. The van der Waals surface area contributed by atoms with Crippen LogP contribution in [0.4, 0.5) is 13.9 Å². The molecule has 10 heteroatoms. The molecule has 0 radical (unpaired) electrons. The maximum Gasteiger partial charge on any atom is 0.387 e. The van der Waals surface area contributed by atoms with Crippen LogP contribution in [0.5, 0.6) is 5.75 Å².